The van der Waals surface area contributed by atoms with Gasteiger partial charge >= 0.3 is 5.69 Å². The third kappa shape index (κ3) is 2.65. The Morgan fingerprint density at radius 2 is 1.77 bits per heavy atom. The predicted octanol–water partition coefficient (Wildman–Crippen LogP) is 2.87. The highest BCUT2D eigenvalue weighted by Crippen LogP contribution is 2.46. The van der Waals surface area contributed by atoms with Crippen LogP contribution < -0.4 is 26.0 Å². The average Bonchev–Trinajstić information content (AvgIpc) is 2.76. The molecule has 150 valence electrons. The fourth-order valence-corrected chi connectivity index (χ4v) is 4.11. The van der Waals surface area contributed by atoms with Gasteiger partial charge in [0.25, 0.3) is 5.56 Å². The summed E-state index contributed by atoms with van der Waals surface area (Å²) in [6.45, 7) is 0. The lowest BCUT2D eigenvalue weighted by atomic mass is 9.80. The molecule has 0 fully saturated rings. The molecule has 5 rings (SSSR count). The summed E-state index contributed by atoms with van der Waals surface area (Å²) < 4.78 is 10.8. The van der Waals surface area contributed by atoms with Crippen molar-refractivity contribution in [2.75, 3.05) is 19.5 Å². The number of pyridine rings is 1. The lowest BCUT2D eigenvalue weighted by molar-refractivity contribution is 0.354. The van der Waals surface area contributed by atoms with E-state index in [-0.39, 0.29) is 0 Å². The molecule has 8 heteroatoms. The highest BCUT2D eigenvalue weighted by molar-refractivity contribution is 5.92. The Morgan fingerprint density at radius 1 is 0.933 bits per heavy atom. The monoisotopic (exact) mass is 402 g/mol. The minimum Gasteiger partial charge on any atom is -0.493 e. The fourth-order valence-electron chi connectivity index (χ4n) is 4.11. The van der Waals surface area contributed by atoms with Crippen LogP contribution in [0.1, 0.15) is 22.6 Å². The van der Waals surface area contributed by atoms with E-state index >= 15 is 0 Å². The van der Waals surface area contributed by atoms with E-state index in [4.69, 9.17) is 9.47 Å². The zero-order valence-electron chi connectivity index (χ0n) is 16.3. The first kappa shape index (κ1) is 18.0. The van der Waals surface area contributed by atoms with Crippen molar-refractivity contribution in [2.24, 2.45) is 0 Å². The maximum absolute atomic E-state index is 12.9. The molecule has 0 aliphatic carbocycles. The van der Waals surface area contributed by atoms with Crippen LogP contribution in [0, 0.1) is 0 Å². The van der Waals surface area contributed by atoms with Crippen molar-refractivity contribution >= 4 is 22.4 Å². The zero-order chi connectivity index (χ0) is 20.8. The van der Waals surface area contributed by atoms with Crippen LogP contribution in [0.2, 0.25) is 0 Å². The molecule has 3 N–H and O–H groups in total. The summed E-state index contributed by atoms with van der Waals surface area (Å²) in [4.78, 5) is 34.3. The number of ether oxygens (including phenoxy) is 2. The minimum atomic E-state index is -0.566. The summed E-state index contributed by atoms with van der Waals surface area (Å²) >= 11 is 0. The average molecular weight is 402 g/mol. The number of aromatic amines is 2. The van der Waals surface area contributed by atoms with Gasteiger partial charge in [-0.25, -0.2) is 4.79 Å². The highest BCUT2D eigenvalue weighted by Gasteiger charge is 2.32. The first-order valence-electron chi connectivity index (χ1n) is 9.33. The van der Waals surface area contributed by atoms with E-state index in [1.165, 1.54) is 0 Å². The molecule has 3 heterocycles. The van der Waals surface area contributed by atoms with E-state index in [0.717, 1.165) is 27.7 Å². The number of methoxy groups -OCH3 is 2. The first-order chi connectivity index (χ1) is 14.6. The number of nitrogens with zero attached hydrogens (tertiary/aromatic N) is 1. The Morgan fingerprint density at radius 3 is 2.57 bits per heavy atom. The molecule has 1 aliphatic rings. The number of hydrogen-bond acceptors (Lipinski definition) is 6. The number of H-pyrrole nitrogens is 2. The van der Waals surface area contributed by atoms with Gasteiger partial charge < -0.3 is 14.8 Å². The van der Waals surface area contributed by atoms with Gasteiger partial charge in [-0.3, -0.25) is 19.7 Å². The number of fused-ring (bicyclic) bond motifs is 4. The molecule has 0 radical (unpaired) electrons. The Kier molecular flexibility index (Phi) is 4.06. The molecular weight excluding hydrogens is 384 g/mol. The Balaban J connectivity index is 1.87. The summed E-state index contributed by atoms with van der Waals surface area (Å²) in [6.07, 6.45) is 1.73. The van der Waals surface area contributed by atoms with Gasteiger partial charge in [0.05, 0.1) is 25.3 Å². The summed E-state index contributed by atoms with van der Waals surface area (Å²) in [7, 11) is 3.14. The van der Waals surface area contributed by atoms with Crippen LogP contribution >= 0.6 is 0 Å². The second-order valence-corrected chi connectivity index (χ2v) is 6.97. The van der Waals surface area contributed by atoms with Crippen LogP contribution in [0.25, 0.3) is 10.9 Å². The maximum atomic E-state index is 12.9. The van der Waals surface area contributed by atoms with Crippen molar-refractivity contribution in [3.63, 3.8) is 0 Å². The van der Waals surface area contributed by atoms with Crippen LogP contribution in [0.15, 0.2) is 58.3 Å². The molecule has 0 bridgehead atoms. The van der Waals surface area contributed by atoms with Gasteiger partial charge in [-0.05, 0) is 41.5 Å². The molecule has 2 aromatic carbocycles. The smallest absolute Gasteiger partial charge is 0.327 e. The molecule has 2 aromatic heterocycles. The zero-order valence-corrected chi connectivity index (χ0v) is 16.3. The summed E-state index contributed by atoms with van der Waals surface area (Å²) in [6, 6.07) is 13.2. The number of anilines is 2. The lowest BCUT2D eigenvalue weighted by Crippen LogP contribution is -2.32. The van der Waals surface area contributed by atoms with E-state index in [1.807, 2.05) is 36.4 Å². The highest BCUT2D eigenvalue weighted by atomic mass is 16.5. The van der Waals surface area contributed by atoms with Crippen molar-refractivity contribution in [3.05, 3.63) is 86.2 Å². The Bertz CT molecular complexity index is 1410. The van der Waals surface area contributed by atoms with E-state index < -0.39 is 17.2 Å². The Hall–Kier alpha value is -4.07. The molecule has 0 spiro atoms. The van der Waals surface area contributed by atoms with Gasteiger partial charge in [0.2, 0.25) is 0 Å². The van der Waals surface area contributed by atoms with Gasteiger partial charge in [0, 0.05) is 23.2 Å². The number of hydrogen-bond donors (Lipinski definition) is 3. The molecular formula is C22H18N4O4. The van der Waals surface area contributed by atoms with Crippen molar-refractivity contribution in [1.29, 1.82) is 0 Å². The van der Waals surface area contributed by atoms with Crippen LogP contribution in [-0.4, -0.2) is 29.2 Å². The summed E-state index contributed by atoms with van der Waals surface area (Å²) in [5, 5.41) is 4.12. The number of nitrogens with one attached hydrogen (secondary N) is 3. The van der Waals surface area contributed by atoms with Crippen molar-refractivity contribution in [1.82, 2.24) is 15.0 Å². The van der Waals surface area contributed by atoms with Gasteiger partial charge in [0.15, 0.2) is 11.5 Å². The maximum Gasteiger partial charge on any atom is 0.327 e. The SMILES string of the molecule is COc1ccc(C2c3c([nH]c(=O)[nH]c3=O)Nc3ccc4ncccc4c32)cc1OC. The second kappa shape index (κ2) is 6.77. The molecule has 1 unspecified atom stereocenters. The topological polar surface area (TPSA) is 109 Å². The van der Waals surface area contributed by atoms with Crippen LogP contribution in [0.4, 0.5) is 11.5 Å². The van der Waals surface area contributed by atoms with Crippen LogP contribution in [-0.2, 0) is 0 Å². The van der Waals surface area contributed by atoms with E-state index in [1.54, 1.807) is 26.5 Å². The van der Waals surface area contributed by atoms with Crippen molar-refractivity contribution in [3.8, 4) is 11.5 Å². The van der Waals surface area contributed by atoms with Gasteiger partial charge in [-0.2, -0.15) is 0 Å². The number of aromatic nitrogens is 3. The molecule has 30 heavy (non-hydrogen) atoms. The molecule has 0 saturated heterocycles. The second-order valence-electron chi connectivity index (χ2n) is 6.97. The quantitative estimate of drug-likeness (QED) is 0.428. The predicted molar refractivity (Wildman–Crippen MR) is 113 cm³/mol. The number of rotatable bonds is 3. The van der Waals surface area contributed by atoms with Crippen molar-refractivity contribution < 1.29 is 9.47 Å². The van der Waals surface area contributed by atoms with E-state index in [2.05, 4.69) is 20.3 Å². The molecule has 4 aromatic rings. The molecule has 0 saturated carbocycles. The molecule has 0 amide bonds. The standard InChI is InChI=1S/C22H18N4O4/c1-29-15-8-5-11(10-16(15)30-2)17-18-12-4-3-9-23-13(12)6-7-14(18)24-20-19(17)21(27)26-22(28)25-20/h3-10,17H,1-2H3,(H3,24,25,26,27,28). The van der Waals surface area contributed by atoms with Gasteiger partial charge in [-0.15, -0.1) is 0 Å². The van der Waals surface area contributed by atoms with Crippen LogP contribution in [0.3, 0.4) is 0 Å². The molecule has 1 atom stereocenters. The third-order valence-corrected chi connectivity index (χ3v) is 5.38. The molecule has 1 aliphatic heterocycles. The van der Waals surface area contributed by atoms with Crippen LogP contribution in [0.5, 0.6) is 11.5 Å². The molecule has 8 nitrogen and oxygen atoms in total. The van der Waals surface area contributed by atoms with Gasteiger partial charge in [-0.1, -0.05) is 12.1 Å². The van der Waals surface area contributed by atoms with E-state index in [0.29, 0.717) is 22.9 Å². The summed E-state index contributed by atoms with van der Waals surface area (Å²) in [5.41, 5.74) is 2.74. The third-order valence-electron chi connectivity index (χ3n) is 5.38. The lowest BCUT2D eigenvalue weighted by Gasteiger charge is -2.29. The minimum absolute atomic E-state index is 0.374. The first-order valence-corrected chi connectivity index (χ1v) is 9.33. The summed E-state index contributed by atoms with van der Waals surface area (Å²) in [5.74, 6) is 1.06. The normalized spacial score (nSPS) is 14.5. The number of benzene rings is 2. The largest absolute Gasteiger partial charge is 0.493 e. The Labute approximate surface area is 170 Å². The fraction of sp³-hybridized carbons (Fsp3) is 0.136. The van der Waals surface area contributed by atoms with Gasteiger partial charge in [0.1, 0.15) is 5.82 Å². The van der Waals surface area contributed by atoms with Crippen molar-refractivity contribution in [2.45, 2.75) is 5.92 Å². The van der Waals surface area contributed by atoms with E-state index in [9.17, 15) is 9.59 Å².